The van der Waals surface area contributed by atoms with Crippen LogP contribution in [0, 0.1) is 5.41 Å². The molecule has 5 heteroatoms. The number of hydrogen-bond donors (Lipinski definition) is 2. The summed E-state index contributed by atoms with van der Waals surface area (Å²) < 4.78 is 0. The Morgan fingerprint density at radius 2 is 1.83 bits per heavy atom. The van der Waals surface area contributed by atoms with Crippen molar-refractivity contribution in [3.05, 3.63) is 0 Å². The summed E-state index contributed by atoms with van der Waals surface area (Å²) in [6, 6.07) is 0.407. The van der Waals surface area contributed by atoms with Gasteiger partial charge >= 0.3 is 0 Å². The number of aliphatic imine (C=N–C) groups is 1. The Kier molecular flexibility index (Phi) is 11.1. The molecule has 4 nitrogen and oxygen atoms in total. The van der Waals surface area contributed by atoms with Crippen molar-refractivity contribution < 1.29 is 0 Å². The van der Waals surface area contributed by atoms with Gasteiger partial charge in [0.25, 0.3) is 0 Å². The molecule has 0 aliphatic heterocycles. The fraction of sp³-hybridized carbons (Fsp3) is 0.923. The van der Waals surface area contributed by atoms with Gasteiger partial charge in [0.2, 0.25) is 0 Å². The zero-order chi connectivity index (χ0) is 13.5. The number of nitrogens with one attached hydrogen (secondary N) is 2. The molecule has 0 rings (SSSR count). The highest BCUT2D eigenvalue weighted by molar-refractivity contribution is 14.0. The van der Waals surface area contributed by atoms with Gasteiger partial charge in [0.05, 0.1) is 0 Å². The number of hydrogen-bond acceptors (Lipinski definition) is 2. The van der Waals surface area contributed by atoms with E-state index in [-0.39, 0.29) is 29.4 Å². The zero-order valence-corrected chi connectivity index (χ0v) is 15.3. The maximum absolute atomic E-state index is 4.65. The molecule has 0 fully saturated rings. The normalized spacial score (nSPS) is 12.6. The van der Waals surface area contributed by atoms with Gasteiger partial charge in [-0.05, 0) is 40.3 Å². The van der Waals surface area contributed by atoms with Crippen LogP contribution in [0.25, 0.3) is 0 Å². The van der Waals surface area contributed by atoms with E-state index in [2.05, 4.69) is 69.2 Å². The standard InChI is InChI=1S/C13H30N4.HI/c1-8-14-12(16-11(2)3)15-9-13(4,5)10-17(6)7;/h11H,8-10H2,1-7H3,(H2,14,15,16);1H. The zero-order valence-electron chi connectivity index (χ0n) is 13.0. The van der Waals surface area contributed by atoms with E-state index in [1.54, 1.807) is 0 Å². The van der Waals surface area contributed by atoms with Crippen LogP contribution in [0.3, 0.4) is 0 Å². The van der Waals surface area contributed by atoms with E-state index in [1.807, 2.05) is 0 Å². The second-order valence-electron chi connectivity index (χ2n) is 5.90. The molecule has 0 atom stereocenters. The first kappa shape index (κ1) is 20.3. The summed E-state index contributed by atoms with van der Waals surface area (Å²) in [6.07, 6.45) is 0. The second kappa shape index (κ2) is 9.83. The lowest BCUT2D eigenvalue weighted by atomic mass is 9.93. The predicted octanol–water partition coefficient (Wildman–Crippen LogP) is 2.16. The fourth-order valence-electron chi connectivity index (χ4n) is 1.79. The van der Waals surface area contributed by atoms with Gasteiger partial charge < -0.3 is 15.5 Å². The highest BCUT2D eigenvalue weighted by Gasteiger charge is 2.18. The smallest absolute Gasteiger partial charge is 0.191 e. The molecule has 0 amide bonds. The maximum atomic E-state index is 4.65. The van der Waals surface area contributed by atoms with Gasteiger partial charge in [-0.3, -0.25) is 4.99 Å². The van der Waals surface area contributed by atoms with Crippen LogP contribution in [0.5, 0.6) is 0 Å². The molecule has 0 bridgehead atoms. The summed E-state index contributed by atoms with van der Waals surface area (Å²) in [7, 11) is 4.20. The molecule has 0 aromatic carbocycles. The molecule has 0 saturated carbocycles. The van der Waals surface area contributed by atoms with Crippen LogP contribution in [0.15, 0.2) is 4.99 Å². The van der Waals surface area contributed by atoms with E-state index < -0.39 is 0 Å². The number of nitrogens with zero attached hydrogens (tertiary/aromatic N) is 2. The van der Waals surface area contributed by atoms with Crippen molar-refractivity contribution >= 4 is 29.9 Å². The Bertz CT molecular complexity index is 237. The van der Waals surface area contributed by atoms with E-state index in [4.69, 9.17) is 0 Å². The van der Waals surface area contributed by atoms with E-state index in [1.165, 1.54) is 0 Å². The van der Waals surface area contributed by atoms with Crippen molar-refractivity contribution in [2.45, 2.75) is 40.7 Å². The van der Waals surface area contributed by atoms with Crippen molar-refractivity contribution in [2.24, 2.45) is 10.4 Å². The quantitative estimate of drug-likeness (QED) is 0.428. The van der Waals surface area contributed by atoms with Gasteiger partial charge in [-0.1, -0.05) is 13.8 Å². The minimum Gasteiger partial charge on any atom is -0.357 e. The topological polar surface area (TPSA) is 39.7 Å². The molecular formula is C13H31IN4. The molecule has 0 unspecified atom stereocenters. The van der Waals surface area contributed by atoms with Crippen molar-refractivity contribution in [2.75, 3.05) is 33.7 Å². The lowest BCUT2D eigenvalue weighted by molar-refractivity contribution is 0.248. The van der Waals surface area contributed by atoms with Gasteiger partial charge in [-0.2, -0.15) is 0 Å². The van der Waals surface area contributed by atoms with E-state index in [9.17, 15) is 0 Å². The molecule has 0 radical (unpaired) electrons. The molecule has 0 aliphatic carbocycles. The van der Waals surface area contributed by atoms with Crippen molar-refractivity contribution in [3.8, 4) is 0 Å². The minimum atomic E-state index is 0. The SMILES string of the molecule is CCNC(=NCC(C)(C)CN(C)C)NC(C)C.I. The summed E-state index contributed by atoms with van der Waals surface area (Å²) in [5.74, 6) is 0.911. The summed E-state index contributed by atoms with van der Waals surface area (Å²) in [6.45, 7) is 13.6. The average molecular weight is 370 g/mol. The third kappa shape index (κ3) is 11.1. The lowest BCUT2D eigenvalue weighted by Gasteiger charge is -2.27. The first-order valence-electron chi connectivity index (χ1n) is 6.46. The summed E-state index contributed by atoms with van der Waals surface area (Å²) >= 11 is 0. The molecule has 110 valence electrons. The molecule has 0 heterocycles. The molecular weight excluding hydrogens is 339 g/mol. The average Bonchev–Trinajstić information content (AvgIpc) is 2.12. The van der Waals surface area contributed by atoms with Gasteiger partial charge in [-0.25, -0.2) is 0 Å². The van der Waals surface area contributed by atoms with Crippen molar-refractivity contribution in [1.82, 2.24) is 15.5 Å². The molecule has 0 aliphatic rings. The Labute approximate surface area is 130 Å². The Morgan fingerprint density at radius 3 is 2.22 bits per heavy atom. The largest absolute Gasteiger partial charge is 0.357 e. The van der Waals surface area contributed by atoms with Gasteiger partial charge in [0, 0.05) is 25.7 Å². The van der Waals surface area contributed by atoms with Crippen LogP contribution >= 0.6 is 24.0 Å². The summed E-state index contributed by atoms with van der Waals surface area (Å²) in [4.78, 5) is 6.85. The minimum absolute atomic E-state index is 0. The van der Waals surface area contributed by atoms with Gasteiger partial charge in [0.15, 0.2) is 5.96 Å². The first-order chi connectivity index (χ1) is 7.76. The molecule has 0 spiro atoms. The number of halogens is 1. The van der Waals surface area contributed by atoms with Crippen LogP contribution in [-0.2, 0) is 0 Å². The monoisotopic (exact) mass is 370 g/mol. The predicted molar refractivity (Wildman–Crippen MR) is 92.0 cm³/mol. The molecule has 0 aromatic heterocycles. The summed E-state index contributed by atoms with van der Waals surface area (Å²) in [5, 5.41) is 6.60. The fourth-order valence-corrected chi connectivity index (χ4v) is 1.79. The van der Waals surface area contributed by atoms with E-state index in [0.717, 1.165) is 25.6 Å². The van der Waals surface area contributed by atoms with E-state index in [0.29, 0.717) is 6.04 Å². The molecule has 0 saturated heterocycles. The maximum Gasteiger partial charge on any atom is 0.191 e. The highest BCUT2D eigenvalue weighted by atomic mass is 127. The molecule has 18 heavy (non-hydrogen) atoms. The lowest BCUT2D eigenvalue weighted by Crippen LogP contribution is -2.42. The number of guanidine groups is 1. The summed E-state index contributed by atoms with van der Waals surface area (Å²) in [5.41, 5.74) is 0.197. The Hall–Kier alpha value is -0.0400. The van der Waals surface area contributed by atoms with Crippen LogP contribution in [0.2, 0.25) is 0 Å². The first-order valence-corrected chi connectivity index (χ1v) is 6.46. The van der Waals surface area contributed by atoms with Crippen molar-refractivity contribution in [1.29, 1.82) is 0 Å². The number of rotatable bonds is 6. The van der Waals surface area contributed by atoms with Crippen LogP contribution in [-0.4, -0.2) is 50.6 Å². The second-order valence-corrected chi connectivity index (χ2v) is 5.90. The van der Waals surface area contributed by atoms with Gasteiger partial charge in [0.1, 0.15) is 0 Å². The van der Waals surface area contributed by atoms with Crippen LogP contribution in [0.1, 0.15) is 34.6 Å². The van der Waals surface area contributed by atoms with Gasteiger partial charge in [-0.15, -0.1) is 24.0 Å². The third-order valence-electron chi connectivity index (χ3n) is 2.18. The Morgan fingerprint density at radius 1 is 1.28 bits per heavy atom. The Balaban J connectivity index is 0. The third-order valence-corrected chi connectivity index (χ3v) is 2.18. The van der Waals surface area contributed by atoms with Crippen LogP contribution in [0.4, 0.5) is 0 Å². The molecule has 0 aromatic rings. The van der Waals surface area contributed by atoms with Crippen molar-refractivity contribution in [3.63, 3.8) is 0 Å². The van der Waals surface area contributed by atoms with E-state index >= 15 is 0 Å². The highest BCUT2D eigenvalue weighted by Crippen LogP contribution is 2.15. The van der Waals surface area contributed by atoms with Crippen LogP contribution < -0.4 is 10.6 Å². The molecule has 2 N–H and O–H groups in total.